The fourth-order valence-electron chi connectivity index (χ4n) is 2.05. The number of benzene rings is 1. The van der Waals surface area contributed by atoms with Crippen LogP contribution in [0.2, 0.25) is 0 Å². The average molecular weight is 298 g/mol. The fraction of sp³-hybridized carbons (Fsp3) is 0.600. The highest BCUT2D eigenvalue weighted by Crippen LogP contribution is 2.16. The van der Waals surface area contributed by atoms with E-state index in [2.05, 4.69) is 23.9 Å². The third-order valence-electron chi connectivity index (χ3n) is 3.54. The third kappa shape index (κ3) is 4.89. The highest BCUT2D eigenvalue weighted by atomic mass is 32.2. The van der Waals surface area contributed by atoms with Gasteiger partial charge < -0.3 is 5.32 Å². The second-order valence-corrected chi connectivity index (χ2v) is 6.66. The first kappa shape index (κ1) is 17.1. The van der Waals surface area contributed by atoms with Crippen LogP contribution < -0.4 is 10.0 Å². The predicted molar refractivity (Wildman–Crippen MR) is 83.1 cm³/mol. The molecule has 0 spiro atoms. The van der Waals surface area contributed by atoms with Gasteiger partial charge in [-0.25, -0.2) is 13.1 Å². The Morgan fingerprint density at radius 1 is 1.10 bits per heavy atom. The van der Waals surface area contributed by atoms with Crippen molar-refractivity contribution in [2.45, 2.75) is 45.1 Å². The molecule has 1 aromatic carbocycles. The van der Waals surface area contributed by atoms with E-state index in [1.165, 1.54) is 0 Å². The van der Waals surface area contributed by atoms with Gasteiger partial charge in [0.15, 0.2) is 0 Å². The van der Waals surface area contributed by atoms with Gasteiger partial charge in [-0.3, -0.25) is 0 Å². The zero-order valence-electron chi connectivity index (χ0n) is 12.6. The minimum atomic E-state index is -3.43. The van der Waals surface area contributed by atoms with E-state index in [4.69, 9.17) is 0 Å². The third-order valence-corrected chi connectivity index (χ3v) is 5.07. The molecule has 0 aromatic heterocycles. The standard InChI is InChI=1S/C15H26N2O2S/c1-4-13(5-2)11-17-20(18,19)15-10-8-7-9-14(15)12-16-6-3/h7-10,13,16-17H,4-6,11-12H2,1-3H3. The van der Waals surface area contributed by atoms with E-state index in [0.29, 0.717) is 23.9 Å². The summed E-state index contributed by atoms with van der Waals surface area (Å²) in [5.74, 6) is 0.394. The molecule has 0 saturated heterocycles. The average Bonchev–Trinajstić information content (AvgIpc) is 2.46. The highest BCUT2D eigenvalue weighted by molar-refractivity contribution is 7.89. The molecule has 20 heavy (non-hydrogen) atoms. The van der Waals surface area contributed by atoms with Crippen molar-refractivity contribution in [3.05, 3.63) is 29.8 Å². The van der Waals surface area contributed by atoms with Crippen LogP contribution >= 0.6 is 0 Å². The first-order chi connectivity index (χ1) is 9.55. The van der Waals surface area contributed by atoms with Gasteiger partial charge in [-0.2, -0.15) is 0 Å². The maximum atomic E-state index is 12.4. The molecule has 0 radical (unpaired) electrons. The van der Waals surface area contributed by atoms with E-state index in [1.807, 2.05) is 19.1 Å². The summed E-state index contributed by atoms with van der Waals surface area (Å²) in [4.78, 5) is 0.381. The van der Waals surface area contributed by atoms with Crippen LogP contribution in [-0.2, 0) is 16.6 Å². The normalized spacial score (nSPS) is 12.0. The number of hydrogen-bond acceptors (Lipinski definition) is 3. The summed E-state index contributed by atoms with van der Waals surface area (Å²) < 4.78 is 27.6. The first-order valence-electron chi connectivity index (χ1n) is 7.33. The molecule has 4 nitrogen and oxygen atoms in total. The number of rotatable bonds is 9. The molecule has 0 unspecified atom stereocenters. The van der Waals surface area contributed by atoms with Crippen molar-refractivity contribution in [3.8, 4) is 0 Å². The summed E-state index contributed by atoms with van der Waals surface area (Å²) in [6.07, 6.45) is 1.97. The zero-order valence-corrected chi connectivity index (χ0v) is 13.5. The molecule has 0 aliphatic heterocycles. The monoisotopic (exact) mass is 298 g/mol. The van der Waals surface area contributed by atoms with E-state index >= 15 is 0 Å². The Kier molecular flexibility index (Phi) is 7.19. The molecule has 114 valence electrons. The van der Waals surface area contributed by atoms with Crippen LogP contribution in [0.15, 0.2) is 29.2 Å². The first-order valence-corrected chi connectivity index (χ1v) is 8.81. The molecular formula is C15H26N2O2S. The molecular weight excluding hydrogens is 272 g/mol. The Bertz CT molecular complexity index is 496. The Morgan fingerprint density at radius 3 is 2.35 bits per heavy atom. The molecule has 2 N–H and O–H groups in total. The lowest BCUT2D eigenvalue weighted by atomic mass is 10.0. The van der Waals surface area contributed by atoms with Crippen LogP contribution in [0.1, 0.15) is 39.2 Å². The van der Waals surface area contributed by atoms with Crippen molar-refractivity contribution in [2.75, 3.05) is 13.1 Å². The van der Waals surface area contributed by atoms with E-state index < -0.39 is 10.0 Å². The summed E-state index contributed by atoms with van der Waals surface area (Å²) in [6, 6.07) is 7.16. The second kappa shape index (κ2) is 8.39. The molecule has 0 aliphatic carbocycles. The lowest BCUT2D eigenvalue weighted by molar-refractivity contribution is 0.478. The van der Waals surface area contributed by atoms with Gasteiger partial charge in [0.1, 0.15) is 0 Å². The van der Waals surface area contributed by atoms with Crippen LogP contribution in [0.5, 0.6) is 0 Å². The summed E-state index contributed by atoms with van der Waals surface area (Å²) >= 11 is 0. The minimum Gasteiger partial charge on any atom is -0.313 e. The number of sulfonamides is 1. The Morgan fingerprint density at radius 2 is 1.75 bits per heavy atom. The summed E-state index contributed by atoms with van der Waals surface area (Å²) in [7, 11) is -3.43. The van der Waals surface area contributed by atoms with Crippen molar-refractivity contribution < 1.29 is 8.42 Å². The van der Waals surface area contributed by atoms with Gasteiger partial charge in [-0.15, -0.1) is 0 Å². The fourth-order valence-corrected chi connectivity index (χ4v) is 3.41. The van der Waals surface area contributed by atoms with Crippen LogP contribution in [0, 0.1) is 5.92 Å². The Balaban J connectivity index is 2.86. The maximum absolute atomic E-state index is 12.4. The molecule has 1 aromatic rings. The van der Waals surface area contributed by atoms with Gasteiger partial charge in [0.2, 0.25) is 10.0 Å². The predicted octanol–water partition coefficient (Wildman–Crippen LogP) is 2.51. The van der Waals surface area contributed by atoms with Crippen molar-refractivity contribution in [1.29, 1.82) is 0 Å². The topological polar surface area (TPSA) is 58.2 Å². The summed E-state index contributed by atoms with van der Waals surface area (Å²) in [5.41, 5.74) is 0.811. The highest BCUT2D eigenvalue weighted by Gasteiger charge is 2.18. The van der Waals surface area contributed by atoms with Crippen molar-refractivity contribution in [1.82, 2.24) is 10.0 Å². The molecule has 0 fully saturated rings. The lowest BCUT2D eigenvalue weighted by Gasteiger charge is -2.15. The molecule has 0 aliphatic rings. The number of nitrogens with one attached hydrogen (secondary N) is 2. The van der Waals surface area contributed by atoms with Crippen LogP contribution in [0.4, 0.5) is 0 Å². The van der Waals surface area contributed by atoms with Crippen LogP contribution in [-0.4, -0.2) is 21.5 Å². The van der Waals surface area contributed by atoms with Crippen molar-refractivity contribution >= 4 is 10.0 Å². The lowest BCUT2D eigenvalue weighted by Crippen LogP contribution is -2.30. The van der Waals surface area contributed by atoms with E-state index in [0.717, 1.165) is 24.9 Å². The zero-order chi connectivity index (χ0) is 15.0. The number of hydrogen-bond donors (Lipinski definition) is 2. The molecule has 1 rings (SSSR count). The van der Waals surface area contributed by atoms with Crippen molar-refractivity contribution in [2.24, 2.45) is 5.92 Å². The van der Waals surface area contributed by atoms with Crippen LogP contribution in [0.25, 0.3) is 0 Å². The van der Waals surface area contributed by atoms with Crippen LogP contribution in [0.3, 0.4) is 0 Å². The van der Waals surface area contributed by atoms with Gasteiger partial charge in [0, 0.05) is 13.1 Å². The van der Waals surface area contributed by atoms with Gasteiger partial charge in [-0.1, -0.05) is 51.8 Å². The van der Waals surface area contributed by atoms with Gasteiger partial charge in [0.05, 0.1) is 4.90 Å². The molecule has 0 saturated carbocycles. The minimum absolute atomic E-state index is 0.381. The van der Waals surface area contributed by atoms with Crippen molar-refractivity contribution in [3.63, 3.8) is 0 Å². The van der Waals surface area contributed by atoms with Gasteiger partial charge in [0.25, 0.3) is 0 Å². The SMILES string of the molecule is CCNCc1ccccc1S(=O)(=O)NCC(CC)CC. The molecule has 0 heterocycles. The van der Waals surface area contributed by atoms with Gasteiger partial charge >= 0.3 is 0 Å². The smallest absolute Gasteiger partial charge is 0.240 e. The van der Waals surface area contributed by atoms with E-state index in [1.54, 1.807) is 12.1 Å². The van der Waals surface area contributed by atoms with Gasteiger partial charge in [-0.05, 0) is 24.1 Å². The molecule has 0 atom stereocenters. The van der Waals surface area contributed by atoms with E-state index in [9.17, 15) is 8.42 Å². The Hall–Kier alpha value is -0.910. The second-order valence-electron chi connectivity index (χ2n) is 4.92. The molecule has 0 amide bonds. The van der Waals surface area contributed by atoms with E-state index in [-0.39, 0.29) is 0 Å². The summed E-state index contributed by atoms with van der Waals surface area (Å²) in [5, 5.41) is 3.17. The Labute approximate surface area is 123 Å². The quantitative estimate of drug-likeness (QED) is 0.736. The molecule has 0 bridgehead atoms. The maximum Gasteiger partial charge on any atom is 0.240 e. The molecule has 5 heteroatoms. The largest absolute Gasteiger partial charge is 0.313 e. The summed E-state index contributed by atoms with van der Waals surface area (Å²) in [6.45, 7) is 8.06.